The first kappa shape index (κ1) is 15.4. The van der Waals surface area contributed by atoms with Crippen LogP contribution in [-0.2, 0) is 4.79 Å². The molecule has 1 atom stereocenters. The molecule has 0 aliphatic carbocycles. The highest BCUT2D eigenvalue weighted by Gasteiger charge is 2.16. The van der Waals surface area contributed by atoms with Gasteiger partial charge in [-0.05, 0) is 23.8 Å². The average Bonchev–Trinajstić information content (AvgIpc) is 2.27. The lowest BCUT2D eigenvalue weighted by Crippen LogP contribution is -2.23. The maximum Gasteiger partial charge on any atom is 0.222 e. The van der Waals surface area contributed by atoms with Gasteiger partial charge in [0.2, 0.25) is 5.91 Å². The van der Waals surface area contributed by atoms with Gasteiger partial charge in [0.1, 0.15) is 4.49 Å². The lowest BCUT2D eigenvalue weighted by Gasteiger charge is -2.16. The van der Waals surface area contributed by atoms with Crippen LogP contribution in [0.3, 0.4) is 0 Å². The first-order valence-corrected chi connectivity index (χ1v) is 6.52. The number of carbonyl (C=O) groups excluding carboxylic acids is 1. The molecular formula is C13H14Cl3NO. The van der Waals surface area contributed by atoms with Crippen molar-refractivity contribution in [1.82, 2.24) is 4.90 Å². The van der Waals surface area contributed by atoms with Crippen molar-refractivity contribution in [1.29, 1.82) is 0 Å². The summed E-state index contributed by atoms with van der Waals surface area (Å²) in [5, 5.41) is 0.619. The molecule has 1 aromatic carbocycles. The number of amides is 1. The molecule has 98 valence electrons. The van der Waals surface area contributed by atoms with Gasteiger partial charge in [-0.2, -0.15) is 0 Å². The van der Waals surface area contributed by atoms with E-state index in [2.05, 4.69) is 0 Å². The normalized spacial score (nSPS) is 11.8. The Labute approximate surface area is 122 Å². The van der Waals surface area contributed by atoms with Gasteiger partial charge in [-0.3, -0.25) is 4.79 Å². The summed E-state index contributed by atoms with van der Waals surface area (Å²) in [7, 11) is 3.42. The van der Waals surface area contributed by atoms with Crippen molar-refractivity contribution < 1.29 is 4.79 Å². The molecule has 1 aromatic rings. The van der Waals surface area contributed by atoms with Crippen LogP contribution >= 0.6 is 34.8 Å². The molecule has 18 heavy (non-hydrogen) atoms. The van der Waals surface area contributed by atoms with E-state index in [1.807, 2.05) is 18.2 Å². The molecule has 0 heterocycles. The van der Waals surface area contributed by atoms with Crippen LogP contribution in [0.4, 0.5) is 0 Å². The van der Waals surface area contributed by atoms with Crippen LogP contribution in [0.2, 0.25) is 5.02 Å². The Bertz CT molecular complexity index is 453. The van der Waals surface area contributed by atoms with Gasteiger partial charge in [0.05, 0.1) is 0 Å². The third kappa shape index (κ3) is 4.89. The molecule has 0 unspecified atom stereocenters. The van der Waals surface area contributed by atoms with Gasteiger partial charge in [-0.25, -0.2) is 0 Å². The van der Waals surface area contributed by atoms with Crippen LogP contribution in [0.5, 0.6) is 0 Å². The molecule has 0 spiro atoms. The maximum atomic E-state index is 11.8. The minimum absolute atomic E-state index is 0.00538. The second kappa shape index (κ2) is 7.03. The van der Waals surface area contributed by atoms with E-state index in [0.717, 1.165) is 5.56 Å². The summed E-state index contributed by atoms with van der Waals surface area (Å²) in [6.45, 7) is 0. The molecular weight excluding hydrogens is 293 g/mol. The second-order valence-corrected chi connectivity index (χ2v) is 5.55. The predicted octanol–water partition coefficient (Wildman–Crippen LogP) is 4.22. The minimum Gasteiger partial charge on any atom is -0.349 e. The highest BCUT2D eigenvalue weighted by molar-refractivity contribution is 6.55. The summed E-state index contributed by atoms with van der Waals surface area (Å²) in [6, 6.07) is 7.32. The van der Waals surface area contributed by atoms with Crippen LogP contribution in [-0.4, -0.2) is 24.9 Å². The van der Waals surface area contributed by atoms with Crippen molar-refractivity contribution in [2.24, 2.45) is 0 Å². The van der Waals surface area contributed by atoms with Gasteiger partial charge < -0.3 is 4.90 Å². The van der Waals surface area contributed by atoms with Gasteiger partial charge in [0.25, 0.3) is 0 Å². The van der Waals surface area contributed by atoms with Gasteiger partial charge in [0.15, 0.2) is 0 Å². The second-order valence-electron chi connectivity index (χ2n) is 4.11. The monoisotopic (exact) mass is 305 g/mol. The minimum atomic E-state index is -0.177. The summed E-state index contributed by atoms with van der Waals surface area (Å²) < 4.78 is 0.145. The number of allylic oxidation sites excluding steroid dienone is 1. The van der Waals surface area contributed by atoms with E-state index in [0.29, 0.717) is 11.4 Å². The zero-order valence-corrected chi connectivity index (χ0v) is 12.4. The zero-order chi connectivity index (χ0) is 13.7. The summed E-state index contributed by atoms with van der Waals surface area (Å²) in [5.74, 6) is -0.172. The predicted molar refractivity (Wildman–Crippen MR) is 77.3 cm³/mol. The molecule has 5 heteroatoms. The fourth-order valence-electron chi connectivity index (χ4n) is 1.53. The van der Waals surface area contributed by atoms with E-state index in [1.54, 1.807) is 26.2 Å². The van der Waals surface area contributed by atoms with Crippen molar-refractivity contribution in [2.75, 3.05) is 14.1 Å². The molecule has 0 radical (unpaired) electrons. The largest absolute Gasteiger partial charge is 0.349 e. The molecule has 0 fully saturated rings. The standard InChI is InChI=1S/C13H14Cl3NO/c1-17(2)13(18)8-10(7-12(15)16)9-4-3-5-11(14)6-9/h3-7,10H,8H2,1-2H3/t10-/m0/s1. The molecule has 0 saturated carbocycles. The molecule has 0 aliphatic heterocycles. The molecule has 0 saturated heterocycles. The number of rotatable bonds is 4. The number of benzene rings is 1. The van der Waals surface area contributed by atoms with Crippen LogP contribution in [0, 0.1) is 0 Å². The average molecular weight is 307 g/mol. The van der Waals surface area contributed by atoms with E-state index in [4.69, 9.17) is 34.8 Å². The van der Waals surface area contributed by atoms with Crippen molar-refractivity contribution in [2.45, 2.75) is 12.3 Å². The fourth-order valence-corrected chi connectivity index (χ4v) is 2.04. The van der Waals surface area contributed by atoms with Crippen molar-refractivity contribution in [3.63, 3.8) is 0 Å². The van der Waals surface area contributed by atoms with Gasteiger partial charge in [-0.1, -0.05) is 46.9 Å². The molecule has 0 aliphatic rings. The van der Waals surface area contributed by atoms with Crippen molar-refractivity contribution in [3.8, 4) is 0 Å². The third-order valence-corrected chi connectivity index (χ3v) is 2.98. The van der Waals surface area contributed by atoms with Crippen LogP contribution in [0.15, 0.2) is 34.8 Å². The Morgan fingerprint density at radius 2 is 2.06 bits per heavy atom. The van der Waals surface area contributed by atoms with E-state index in [1.165, 1.54) is 4.90 Å². The SMILES string of the molecule is CN(C)C(=O)C[C@H](C=C(Cl)Cl)c1cccc(Cl)c1. The summed E-state index contributed by atoms with van der Waals surface area (Å²) in [5.41, 5.74) is 0.913. The van der Waals surface area contributed by atoms with Gasteiger partial charge in [0, 0.05) is 31.5 Å². The Morgan fingerprint density at radius 1 is 1.39 bits per heavy atom. The van der Waals surface area contributed by atoms with Crippen LogP contribution in [0.1, 0.15) is 17.9 Å². The summed E-state index contributed by atoms with van der Waals surface area (Å²) >= 11 is 17.3. The Balaban J connectivity index is 2.99. The number of hydrogen-bond donors (Lipinski definition) is 0. The fraction of sp³-hybridized carbons (Fsp3) is 0.308. The molecule has 2 nitrogen and oxygen atoms in total. The Hall–Kier alpha value is -0.700. The van der Waals surface area contributed by atoms with E-state index in [-0.39, 0.29) is 16.3 Å². The number of carbonyl (C=O) groups is 1. The number of hydrogen-bond acceptors (Lipinski definition) is 1. The smallest absolute Gasteiger partial charge is 0.222 e. The quantitative estimate of drug-likeness (QED) is 0.815. The van der Waals surface area contributed by atoms with E-state index in [9.17, 15) is 4.79 Å². The van der Waals surface area contributed by atoms with E-state index < -0.39 is 0 Å². The van der Waals surface area contributed by atoms with Crippen LogP contribution < -0.4 is 0 Å². The first-order chi connectivity index (χ1) is 8.40. The lowest BCUT2D eigenvalue weighted by atomic mass is 9.95. The number of nitrogens with zero attached hydrogens (tertiary/aromatic N) is 1. The maximum absolute atomic E-state index is 11.8. The lowest BCUT2D eigenvalue weighted by molar-refractivity contribution is -0.128. The summed E-state index contributed by atoms with van der Waals surface area (Å²) in [4.78, 5) is 13.3. The third-order valence-electron chi connectivity index (χ3n) is 2.50. The van der Waals surface area contributed by atoms with Crippen molar-refractivity contribution in [3.05, 3.63) is 45.4 Å². The molecule has 0 N–H and O–H groups in total. The van der Waals surface area contributed by atoms with Gasteiger partial charge >= 0.3 is 0 Å². The molecule has 0 bridgehead atoms. The van der Waals surface area contributed by atoms with Crippen molar-refractivity contribution >= 4 is 40.7 Å². The topological polar surface area (TPSA) is 20.3 Å². The molecule has 0 aromatic heterocycles. The Kier molecular flexibility index (Phi) is 6.00. The summed E-state index contributed by atoms with van der Waals surface area (Å²) in [6.07, 6.45) is 1.95. The van der Waals surface area contributed by atoms with Gasteiger partial charge in [-0.15, -0.1) is 0 Å². The molecule has 1 rings (SSSR count). The Morgan fingerprint density at radius 3 is 2.56 bits per heavy atom. The zero-order valence-electron chi connectivity index (χ0n) is 10.2. The van der Waals surface area contributed by atoms with E-state index >= 15 is 0 Å². The highest BCUT2D eigenvalue weighted by atomic mass is 35.5. The molecule has 1 amide bonds. The van der Waals surface area contributed by atoms with Crippen LogP contribution in [0.25, 0.3) is 0 Å². The highest BCUT2D eigenvalue weighted by Crippen LogP contribution is 2.27. The number of halogens is 3. The first-order valence-electron chi connectivity index (χ1n) is 5.38.